The SMILES string of the molecule is CS(=O)(=O)Cc1nc2ccccc2n1CC(=O)N1CC2(CCC2)C1C1CC1. The van der Waals surface area contributed by atoms with Crippen LogP contribution in [-0.4, -0.2) is 47.6 Å². The lowest BCUT2D eigenvalue weighted by Gasteiger charge is -2.63. The van der Waals surface area contributed by atoms with Gasteiger partial charge in [0.15, 0.2) is 9.84 Å². The molecule has 3 aliphatic rings. The summed E-state index contributed by atoms with van der Waals surface area (Å²) in [4.78, 5) is 19.7. The van der Waals surface area contributed by atoms with Crippen molar-refractivity contribution in [2.45, 2.75) is 50.4 Å². The Morgan fingerprint density at radius 3 is 2.63 bits per heavy atom. The highest BCUT2D eigenvalue weighted by Gasteiger charge is 2.61. The maximum Gasteiger partial charge on any atom is 0.242 e. The van der Waals surface area contributed by atoms with Crippen molar-refractivity contribution >= 4 is 26.8 Å². The smallest absolute Gasteiger partial charge is 0.242 e. The molecule has 1 amide bonds. The van der Waals surface area contributed by atoms with Gasteiger partial charge >= 0.3 is 0 Å². The molecule has 5 rings (SSSR count). The molecule has 1 aromatic carbocycles. The molecule has 1 saturated heterocycles. The van der Waals surface area contributed by atoms with E-state index in [0.717, 1.165) is 17.6 Å². The second-order valence-corrected chi connectivity index (χ2v) is 10.8. The van der Waals surface area contributed by atoms with E-state index in [-0.39, 0.29) is 18.2 Å². The van der Waals surface area contributed by atoms with Crippen LogP contribution in [0.2, 0.25) is 0 Å². The fourth-order valence-corrected chi connectivity index (χ4v) is 5.81. The normalized spacial score (nSPS) is 24.0. The Labute approximate surface area is 159 Å². The Morgan fingerprint density at radius 2 is 2.00 bits per heavy atom. The van der Waals surface area contributed by atoms with Crippen molar-refractivity contribution in [2.75, 3.05) is 12.8 Å². The first-order valence-electron chi connectivity index (χ1n) is 9.78. The van der Waals surface area contributed by atoms with Crippen LogP contribution in [0.5, 0.6) is 0 Å². The van der Waals surface area contributed by atoms with Gasteiger partial charge in [-0.2, -0.15) is 0 Å². The van der Waals surface area contributed by atoms with Gasteiger partial charge in [-0.3, -0.25) is 4.79 Å². The molecule has 0 N–H and O–H groups in total. The van der Waals surface area contributed by atoms with Crippen LogP contribution in [0, 0.1) is 11.3 Å². The van der Waals surface area contributed by atoms with Gasteiger partial charge in [-0.05, 0) is 43.7 Å². The molecule has 2 heterocycles. The summed E-state index contributed by atoms with van der Waals surface area (Å²) in [5.74, 6) is 1.08. The quantitative estimate of drug-likeness (QED) is 0.790. The molecule has 1 unspecified atom stereocenters. The first-order valence-corrected chi connectivity index (χ1v) is 11.8. The molecule has 1 spiro atoms. The number of carbonyl (C=O) groups is 1. The van der Waals surface area contributed by atoms with Crippen molar-refractivity contribution in [2.24, 2.45) is 11.3 Å². The molecular formula is C20H25N3O3S. The second kappa shape index (κ2) is 5.80. The number of benzene rings is 1. The third-order valence-corrected chi connectivity index (χ3v) is 7.39. The van der Waals surface area contributed by atoms with Crippen LogP contribution in [0.3, 0.4) is 0 Å². The van der Waals surface area contributed by atoms with Gasteiger partial charge < -0.3 is 9.47 Å². The lowest BCUT2D eigenvalue weighted by atomic mass is 9.56. The van der Waals surface area contributed by atoms with Gasteiger partial charge in [0.2, 0.25) is 5.91 Å². The maximum absolute atomic E-state index is 13.2. The van der Waals surface area contributed by atoms with Crippen molar-refractivity contribution in [1.29, 1.82) is 0 Å². The number of para-hydroxylation sites is 2. The van der Waals surface area contributed by atoms with E-state index in [2.05, 4.69) is 9.88 Å². The fourth-order valence-electron chi connectivity index (χ4n) is 5.12. The first-order chi connectivity index (χ1) is 12.9. The van der Waals surface area contributed by atoms with E-state index in [1.54, 1.807) is 4.57 Å². The summed E-state index contributed by atoms with van der Waals surface area (Å²) in [7, 11) is -3.23. The predicted octanol–water partition coefficient (Wildman–Crippen LogP) is 2.37. The zero-order valence-electron chi connectivity index (χ0n) is 15.6. The molecule has 2 aromatic rings. The summed E-state index contributed by atoms with van der Waals surface area (Å²) in [5.41, 5.74) is 1.96. The van der Waals surface area contributed by atoms with E-state index in [1.165, 1.54) is 38.4 Å². The van der Waals surface area contributed by atoms with Gasteiger partial charge in [-0.15, -0.1) is 0 Å². The minimum atomic E-state index is -3.23. The molecule has 3 fully saturated rings. The fraction of sp³-hybridized carbons (Fsp3) is 0.600. The number of amides is 1. The number of aromatic nitrogens is 2. The van der Waals surface area contributed by atoms with E-state index < -0.39 is 9.84 Å². The molecule has 0 radical (unpaired) electrons. The molecule has 144 valence electrons. The van der Waals surface area contributed by atoms with E-state index in [0.29, 0.717) is 23.2 Å². The zero-order valence-corrected chi connectivity index (χ0v) is 16.4. The topological polar surface area (TPSA) is 72.3 Å². The van der Waals surface area contributed by atoms with Gasteiger partial charge in [-0.1, -0.05) is 18.6 Å². The molecule has 6 nitrogen and oxygen atoms in total. The molecule has 7 heteroatoms. The average Bonchev–Trinajstić information content (AvgIpc) is 3.28. The standard InChI is InChI=1S/C20H25N3O3S/c1-27(25,26)12-17-21-15-5-2-3-6-16(15)22(17)11-18(24)23-13-20(9-4-10-20)19(23)14-7-8-14/h2-3,5-6,14,19H,4,7-13H2,1H3. The number of fused-ring (bicyclic) bond motifs is 1. The van der Waals surface area contributed by atoms with Crippen molar-refractivity contribution in [3.05, 3.63) is 30.1 Å². The second-order valence-electron chi connectivity index (χ2n) is 8.69. The molecule has 2 aliphatic carbocycles. The van der Waals surface area contributed by atoms with Gasteiger partial charge in [0.1, 0.15) is 18.1 Å². The van der Waals surface area contributed by atoms with Crippen LogP contribution in [0.4, 0.5) is 0 Å². The van der Waals surface area contributed by atoms with E-state index in [4.69, 9.17) is 0 Å². The summed E-state index contributed by atoms with van der Waals surface area (Å²) in [6.45, 7) is 1.05. The Balaban J connectivity index is 1.44. The number of rotatable bonds is 5. The summed E-state index contributed by atoms with van der Waals surface area (Å²) >= 11 is 0. The monoisotopic (exact) mass is 387 g/mol. The molecule has 1 atom stereocenters. The average molecular weight is 388 g/mol. The number of sulfone groups is 1. The molecule has 1 aromatic heterocycles. The summed E-state index contributed by atoms with van der Waals surface area (Å²) in [5, 5.41) is 0. The van der Waals surface area contributed by atoms with Crippen LogP contribution in [0.15, 0.2) is 24.3 Å². The lowest BCUT2D eigenvalue weighted by molar-refractivity contribution is -0.171. The van der Waals surface area contributed by atoms with Crippen LogP contribution in [0.1, 0.15) is 37.9 Å². The van der Waals surface area contributed by atoms with E-state index >= 15 is 0 Å². The highest BCUT2D eigenvalue weighted by molar-refractivity contribution is 7.89. The highest BCUT2D eigenvalue weighted by atomic mass is 32.2. The number of hydrogen-bond donors (Lipinski definition) is 0. The number of nitrogens with zero attached hydrogens (tertiary/aromatic N) is 3. The van der Waals surface area contributed by atoms with Gasteiger partial charge in [0.05, 0.1) is 11.0 Å². The van der Waals surface area contributed by atoms with Gasteiger partial charge in [0.25, 0.3) is 0 Å². The molecule has 0 bridgehead atoms. The zero-order chi connectivity index (χ0) is 18.8. The van der Waals surface area contributed by atoms with Gasteiger partial charge in [-0.25, -0.2) is 13.4 Å². The third kappa shape index (κ3) is 2.87. The minimum absolute atomic E-state index is 0.0994. The van der Waals surface area contributed by atoms with Crippen molar-refractivity contribution < 1.29 is 13.2 Å². The van der Waals surface area contributed by atoms with Gasteiger partial charge in [0, 0.05) is 24.3 Å². The molecular weight excluding hydrogens is 362 g/mol. The van der Waals surface area contributed by atoms with Crippen LogP contribution >= 0.6 is 0 Å². The number of carbonyl (C=O) groups excluding carboxylic acids is 1. The minimum Gasteiger partial charge on any atom is -0.337 e. The Kier molecular flexibility index (Phi) is 3.70. The summed E-state index contributed by atoms with van der Waals surface area (Å²) in [6.07, 6.45) is 7.48. The Morgan fingerprint density at radius 1 is 1.26 bits per heavy atom. The predicted molar refractivity (Wildman–Crippen MR) is 103 cm³/mol. The van der Waals surface area contributed by atoms with Crippen molar-refractivity contribution in [3.8, 4) is 0 Å². The van der Waals surface area contributed by atoms with E-state index in [9.17, 15) is 13.2 Å². The number of imidazole rings is 1. The summed E-state index contributed by atoms with van der Waals surface area (Å²) in [6, 6.07) is 7.96. The molecule has 27 heavy (non-hydrogen) atoms. The Hall–Kier alpha value is -1.89. The molecule has 2 saturated carbocycles. The third-order valence-electron chi connectivity index (χ3n) is 6.60. The maximum atomic E-state index is 13.2. The Bertz CT molecular complexity index is 1020. The molecule has 1 aliphatic heterocycles. The summed E-state index contributed by atoms with van der Waals surface area (Å²) < 4.78 is 25.5. The van der Waals surface area contributed by atoms with Crippen LogP contribution in [0.25, 0.3) is 11.0 Å². The van der Waals surface area contributed by atoms with Crippen molar-refractivity contribution in [1.82, 2.24) is 14.5 Å². The van der Waals surface area contributed by atoms with Crippen LogP contribution in [-0.2, 0) is 26.9 Å². The highest BCUT2D eigenvalue weighted by Crippen LogP contribution is 2.59. The number of hydrogen-bond acceptors (Lipinski definition) is 4. The van der Waals surface area contributed by atoms with E-state index in [1.807, 2.05) is 24.3 Å². The van der Waals surface area contributed by atoms with Crippen molar-refractivity contribution in [3.63, 3.8) is 0 Å². The first kappa shape index (κ1) is 17.2. The van der Waals surface area contributed by atoms with Crippen LogP contribution < -0.4 is 0 Å². The number of likely N-dealkylation sites (tertiary alicyclic amines) is 1. The lowest BCUT2D eigenvalue weighted by Crippen LogP contribution is -2.70. The largest absolute Gasteiger partial charge is 0.337 e.